The van der Waals surface area contributed by atoms with Crippen LogP contribution in [-0.2, 0) is 11.2 Å². The van der Waals surface area contributed by atoms with Crippen LogP contribution >= 0.6 is 11.6 Å². The number of aromatic nitrogens is 3. The summed E-state index contributed by atoms with van der Waals surface area (Å²) in [7, 11) is 0. The van der Waals surface area contributed by atoms with Gasteiger partial charge < -0.3 is 15.0 Å². The number of morpholine rings is 1. The molecule has 1 aliphatic heterocycles. The molecule has 0 atom stereocenters. The normalized spacial score (nSPS) is 16.6. The standard InChI is InChI=1S/C30H32ClN5O2/c31-24-8-6-21(7-9-24)18-22-19-23-20-32-30(34-28(23)36(29(22)37)27-4-2-1-3-5-27)33-25-10-12-26(13-11-25)35-14-16-38-17-15-35/h6-13,19-20,27H,1-5,14-18H2,(H,32,33,34). The summed E-state index contributed by atoms with van der Waals surface area (Å²) in [6.45, 7) is 3.32. The third-order valence-corrected chi connectivity index (χ3v) is 7.85. The predicted molar refractivity (Wildman–Crippen MR) is 153 cm³/mol. The summed E-state index contributed by atoms with van der Waals surface area (Å²) in [6, 6.07) is 18.1. The molecule has 0 bridgehead atoms. The van der Waals surface area contributed by atoms with Crippen LogP contribution < -0.4 is 15.8 Å². The van der Waals surface area contributed by atoms with E-state index in [0.717, 1.165) is 74.2 Å². The fraction of sp³-hybridized carbons (Fsp3) is 0.367. The number of ether oxygens (including phenoxy) is 1. The highest BCUT2D eigenvalue weighted by Crippen LogP contribution is 2.30. The zero-order chi connectivity index (χ0) is 25.9. The van der Waals surface area contributed by atoms with Crippen molar-refractivity contribution in [3.05, 3.63) is 87.3 Å². The average molecular weight is 530 g/mol. The molecule has 0 radical (unpaired) electrons. The Bertz CT molecular complexity index is 1460. The lowest BCUT2D eigenvalue weighted by Gasteiger charge is -2.28. The molecule has 1 aliphatic carbocycles. The Labute approximate surface area is 227 Å². The number of benzene rings is 2. The van der Waals surface area contributed by atoms with Gasteiger partial charge in [0.05, 0.1) is 13.2 Å². The Hall–Kier alpha value is -3.42. The van der Waals surface area contributed by atoms with Crippen LogP contribution in [0.3, 0.4) is 0 Å². The van der Waals surface area contributed by atoms with E-state index < -0.39 is 0 Å². The molecule has 7 nitrogen and oxygen atoms in total. The molecule has 4 aromatic rings. The molecule has 2 fully saturated rings. The number of anilines is 3. The maximum Gasteiger partial charge on any atom is 0.256 e. The number of fused-ring (bicyclic) bond motifs is 1. The smallest absolute Gasteiger partial charge is 0.256 e. The zero-order valence-electron chi connectivity index (χ0n) is 21.4. The van der Waals surface area contributed by atoms with Crippen LogP contribution in [-0.4, -0.2) is 40.8 Å². The molecule has 38 heavy (non-hydrogen) atoms. The summed E-state index contributed by atoms with van der Waals surface area (Å²) in [5.41, 5.74) is 4.64. The van der Waals surface area contributed by atoms with Crippen molar-refractivity contribution in [3.63, 3.8) is 0 Å². The maximum absolute atomic E-state index is 13.9. The van der Waals surface area contributed by atoms with Crippen molar-refractivity contribution in [1.82, 2.24) is 14.5 Å². The molecule has 2 aromatic carbocycles. The quantitative estimate of drug-likeness (QED) is 0.324. The molecule has 2 aromatic heterocycles. The van der Waals surface area contributed by atoms with E-state index in [4.69, 9.17) is 21.3 Å². The van der Waals surface area contributed by atoms with E-state index in [0.29, 0.717) is 23.0 Å². The van der Waals surface area contributed by atoms with Crippen LogP contribution in [0, 0.1) is 0 Å². The average Bonchev–Trinajstić information content (AvgIpc) is 2.96. The lowest BCUT2D eigenvalue weighted by Crippen LogP contribution is -2.36. The van der Waals surface area contributed by atoms with Gasteiger partial charge in [0, 0.05) is 59.1 Å². The van der Waals surface area contributed by atoms with Crippen molar-refractivity contribution in [1.29, 1.82) is 0 Å². The maximum atomic E-state index is 13.9. The molecule has 0 amide bonds. The largest absolute Gasteiger partial charge is 0.378 e. The molecular weight excluding hydrogens is 498 g/mol. The molecule has 2 aliphatic rings. The van der Waals surface area contributed by atoms with Crippen LogP contribution in [0.5, 0.6) is 0 Å². The number of hydrogen-bond acceptors (Lipinski definition) is 6. The van der Waals surface area contributed by atoms with E-state index in [9.17, 15) is 4.79 Å². The first-order chi connectivity index (χ1) is 18.6. The zero-order valence-corrected chi connectivity index (χ0v) is 22.2. The topological polar surface area (TPSA) is 72.3 Å². The van der Waals surface area contributed by atoms with Gasteiger partial charge in [0.1, 0.15) is 5.65 Å². The van der Waals surface area contributed by atoms with E-state index >= 15 is 0 Å². The van der Waals surface area contributed by atoms with Crippen LogP contribution in [0.25, 0.3) is 11.0 Å². The Morgan fingerprint density at radius 2 is 1.71 bits per heavy atom. The fourth-order valence-electron chi connectivity index (χ4n) is 5.57. The summed E-state index contributed by atoms with van der Waals surface area (Å²) < 4.78 is 7.40. The van der Waals surface area contributed by atoms with E-state index in [2.05, 4.69) is 27.3 Å². The Morgan fingerprint density at radius 3 is 2.45 bits per heavy atom. The van der Waals surface area contributed by atoms with Gasteiger partial charge in [-0.25, -0.2) is 4.98 Å². The highest BCUT2D eigenvalue weighted by molar-refractivity contribution is 6.30. The molecule has 3 heterocycles. The molecule has 8 heteroatoms. The van der Waals surface area contributed by atoms with Crippen LogP contribution in [0.15, 0.2) is 65.6 Å². The van der Waals surface area contributed by atoms with Crippen molar-refractivity contribution in [3.8, 4) is 0 Å². The van der Waals surface area contributed by atoms with E-state index in [-0.39, 0.29) is 11.6 Å². The van der Waals surface area contributed by atoms with E-state index in [1.165, 1.54) is 12.1 Å². The minimum atomic E-state index is 0.0406. The SMILES string of the molecule is O=c1c(Cc2ccc(Cl)cc2)cc2cnc(Nc3ccc(N4CCOCC4)cc3)nc2n1C1CCCCC1. The van der Waals surface area contributed by atoms with Gasteiger partial charge in [-0.2, -0.15) is 4.98 Å². The first-order valence-electron chi connectivity index (χ1n) is 13.5. The molecule has 0 unspecified atom stereocenters. The number of nitrogens with one attached hydrogen (secondary N) is 1. The van der Waals surface area contributed by atoms with Crippen LogP contribution in [0.4, 0.5) is 17.3 Å². The minimum Gasteiger partial charge on any atom is -0.378 e. The van der Waals surface area contributed by atoms with Crippen molar-refractivity contribution in [2.45, 2.75) is 44.6 Å². The Kier molecular flexibility index (Phi) is 7.29. The third-order valence-electron chi connectivity index (χ3n) is 7.59. The van der Waals surface area contributed by atoms with Crippen molar-refractivity contribution < 1.29 is 4.74 Å². The lowest BCUT2D eigenvalue weighted by molar-refractivity contribution is 0.122. The van der Waals surface area contributed by atoms with Crippen LogP contribution in [0.2, 0.25) is 5.02 Å². The van der Waals surface area contributed by atoms with E-state index in [1.807, 2.05) is 53.2 Å². The Balaban J connectivity index is 1.32. The highest BCUT2D eigenvalue weighted by atomic mass is 35.5. The first-order valence-corrected chi connectivity index (χ1v) is 13.9. The van der Waals surface area contributed by atoms with Gasteiger partial charge in [-0.15, -0.1) is 0 Å². The van der Waals surface area contributed by atoms with Crippen LogP contribution in [0.1, 0.15) is 49.3 Å². The summed E-state index contributed by atoms with van der Waals surface area (Å²) in [5.74, 6) is 0.492. The number of rotatable bonds is 6. The number of halogens is 1. The second kappa shape index (κ2) is 11.1. The number of nitrogens with zero attached hydrogens (tertiary/aromatic N) is 4. The molecule has 1 saturated heterocycles. The van der Waals surface area contributed by atoms with Gasteiger partial charge in [-0.1, -0.05) is 43.0 Å². The number of pyridine rings is 1. The van der Waals surface area contributed by atoms with Gasteiger partial charge >= 0.3 is 0 Å². The van der Waals surface area contributed by atoms with Crippen molar-refractivity contribution in [2.75, 3.05) is 36.5 Å². The van der Waals surface area contributed by atoms with Gasteiger partial charge in [-0.3, -0.25) is 9.36 Å². The monoisotopic (exact) mass is 529 g/mol. The minimum absolute atomic E-state index is 0.0406. The predicted octanol–water partition coefficient (Wildman–Crippen LogP) is 6.12. The van der Waals surface area contributed by atoms with Crippen molar-refractivity contribution in [2.24, 2.45) is 0 Å². The molecular formula is C30H32ClN5O2. The second-order valence-electron chi connectivity index (χ2n) is 10.2. The van der Waals surface area contributed by atoms with Gasteiger partial charge in [0.2, 0.25) is 5.95 Å². The second-order valence-corrected chi connectivity index (χ2v) is 10.6. The highest BCUT2D eigenvalue weighted by Gasteiger charge is 2.22. The summed E-state index contributed by atoms with van der Waals surface area (Å²) >= 11 is 6.07. The summed E-state index contributed by atoms with van der Waals surface area (Å²) in [6.07, 6.45) is 7.85. The van der Waals surface area contributed by atoms with E-state index in [1.54, 1.807) is 0 Å². The first kappa shape index (κ1) is 24.9. The molecule has 1 saturated carbocycles. The molecule has 1 N–H and O–H groups in total. The molecule has 196 valence electrons. The van der Waals surface area contributed by atoms with Crippen molar-refractivity contribution >= 4 is 40.0 Å². The van der Waals surface area contributed by atoms with Gasteiger partial charge in [-0.05, 0) is 60.9 Å². The number of hydrogen-bond donors (Lipinski definition) is 1. The molecule has 0 spiro atoms. The third kappa shape index (κ3) is 5.40. The fourth-order valence-corrected chi connectivity index (χ4v) is 5.70. The van der Waals surface area contributed by atoms with Gasteiger partial charge in [0.25, 0.3) is 5.56 Å². The lowest BCUT2D eigenvalue weighted by atomic mass is 9.94. The summed E-state index contributed by atoms with van der Waals surface area (Å²) in [5, 5.41) is 4.91. The summed E-state index contributed by atoms with van der Waals surface area (Å²) in [4.78, 5) is 25.7. The molecule has 6 rings (SSSR count). The van der Waals surface area contributed by atoms with Gasteiger partial charge in [0.15, 0.2) is 0 Å². The Morgan fingerprint density at radius 1 is 0.974 bits per heavy atom.